The van der Waals surface area contributed by atoms with Crippen LogP contribution in [0.3, 0.4) is 0 Å². The summed E-state index contributed by atoms with van der Waals surface area (Å²) in [5.41, 5.74) is 7.43. The highest BCUT2D eigenvalue weighted by Gasteiger charge is 2.24. The molecule has 3 rings (SSSR count). The van der Waals surface area contributed by atoms with Gasteiger partial charge in [0.2, 0.25) is 11.9 Å². The zero-order valence-electron chi connectivity index (χ0n) is 18.6. The van der Waals surface area contributed by atoms with Crippen molar-refractivity contribution in [1.29, 1.82) is 0 Å². The molecule has 1 aliphatic rings. The third-order valence-corrected chi connectivity index (χ3v) is 5.34. The third-order valence-electron chi connectivity index (χ3n) is 5.34. The molecule has 31 heavy (non-hydrogen) atoms. The highest BCUT2D eigenvalue weighted by atomic mass is 16.2. The summed E-state index contributed by atoms with van der Waals surface area (Å²) in [6, 6.07) is 7.93. The van der Waals surface area contributed by atoms with Crippen LogP contribution in [-0.2, 0) is 10.2 Å². The summed E-state index contributed by atoms with van der Waals surface area (Å²) in [6.07, 6.45) is 2.28. The Morgan fingerprint density at radius 3 is 2.52 bits per heavy atom. The van der Waals surface area contributed by atoms with Crippen LogP contribution in [0.25, 0.3) is 0 Å². The molecule has 2 amide bonds. The van der Waals surface area contributed by atoms with E-state index < -0.39 is 5.91 Å². The fraction of sp³-hybridized carbons (Fsp3) is 0.500. The molecule has 1 aliphatic heterocycles. The van der Waals surface area contributed by atoms with Crippen molar-refractivity contribution in [3.63, 3.8) is 0 Å². The summed E-state index contributed by atoms with van der Waals surface area (Å²) >= 11 is 0. The highest BCUT2D eigenvalue weighted by molar-refractivity contribution is 5.96. The van der Waals surface area contributed by atoms with E-state index in [1.54, 1.807) is 0 Å². The molecule has 0 spiro atoms. The second-order valence-electron chi connectivity index (χ2n) is 8.83. The second kappa shape index (κ2) is 9.28. The molecule has 0 bridgehead atoms. The molecule has 0 aliphatic carbocycles. The van der Waals surface area contributed by atoms with E-state index in [2.05, 4.69) is 46.6 Å². The molecule has 4 N–H and O–H groups in total. The van der Waals surface area contributed by atoms with Crippen LogP contribution < -0.4 is 16.4 Å². The Morgan fingerprint density at radius 2 is 1.90 bits per heavy atom. The van der Waals surface area contributed by atoms with Crippen molar-refractivity contribution < 1.29 is 9.59 Å². The molecule has 2 aromatic rings. The van der Waals surface area contributed by atoms with Crippen LogP contribution in [0.4, 0.5) is 17.5 Å². The SMILES string of the molecule is CCC(=O)N1CCC[C@@H](Nc2nnc(C(N)=O)c(Nc3ccc(C(C)(C)C)cc3)n2)C1. The van der Waals surface area contributed by atoms with Crippen LogP contribution in [0.15, 0.2) is 24.3 Å². The van der Waals surface area contributed by atoms with E-state index in [9.17, 15) is 9.59 Å². The van der Waals surface area contributed by atoms with Gasteiger partial charge in [-0.05, 0) is 36.0 Å². The van der Waals surface area contributed by atoms with Crippen molar-refractivity contribution >= 4 is 29.3 Å². The highest BCUT2D eigenvalue weighted by Crippen LogP contribution is 2.25. The average molecular weight is 426 g/mol. The van der Waals surface area contributed by atoms with Crippen molar-refractivity contribution in [3.05, 3.63) is 35.5 Å². The number of nitrogens with one attached hydrogen (secondary N) is 2. The smallest absolute Gasteiger partial charge is 0.273 e. The van der Waals surface area contributed by atoms with Crippen LogP contribution >= 0.6 is 0 Å². The molecular weight excluding hydrogens is 394 g/mol. The summed E-state index contributed by atoms with van der Waals surface area (Å²) in [7, 11) is 0. The Morgan fingerprint density at radius 1 is 1.19 bits per heavy atom. The fourth-order valence-electron chi connectivity index (χ4n) is 3.56. The predicted octanol–water partition coefficient (Wildman–Crippen LogP) is 2.82. The summed E-state index contributed by atoms with van der Waals surface area (Å²) in [6.45, 7) is 9.65. The largest absolute Gasteiger partial charge is 0.364 e. The van der Waals surface area contributed by atoms with E-state index in [0.29, 0.717) is 13.0 Å². The number of rotatable bonds is 6. The monoisotopic (exact) mass is 425 g/mol. The lowest BCUT2D eigenvalue weighted by Crippen LogP contribution is -2.45. The van der Waals surface area contributed by atoms with Gasteiger partial charge in [0.05, 0.1) is 0 Å². The van der Waals surface area contributed by atoms with Crippen LogP contribution in [0.5, 0.6) is 0 Å². The molecule has 1 fully saturated rings. The minimum absolute atomic E-state index is 0.0180. The van der Waals surface area contributed by atoms with Crippen LogP contribution in [0.1, 0.15) is 63.0 Å². The van der Waals surface area contributed by atoms with Gasteiger partial charge in [-0.25, -0.2) is 0 Å². The molecule has 9 heteroatoms. The van der Waals surface area contributed by atoms with E-state index in [1.807, 2.05) is 36.1 Å². The number of amides is 2. The fourth-order valence-corrected chi connectivity index (χ4v) is 3.56. The van der Waals surface area contributed by atoms with E-state index in [4.69, 9.17) is 5.73 Å². The minimum atomic E-state index is -0.710. The van der Waals surface area contributed by atoms with Gasteiger partial charge in [-0.1, -0.05) is 39.8 Å². The lowest BCUT2D eigenvalue weighted by Gasteiger charge is -2.33. The Balaban J connectivity index is 1.78. The van der Waals surface area contributed by atoms with E-state index in [1.165, 1.54) is 5.56 Å². The van der Waals surface area contributed by atoms with Gasteiger partial charge in [0.1, 0.15) is 0 Å². The molecule has 1 aromatic heterocycles. The second-order valence-corrected chi connectivity index (χ2v) is 8.83. The number of carbonyl (C=O) groups is 2. The van der Waals surface area contributed by atoms with E-state index in [-0.39, 0.29) is 34.8 Å². The van der Waals surface area contributed by atoms with Crippen molar-refractivity contribution in [1.82, 2.24) is 20.1 Å². The summed E-state index contributed by atoms with van der Waals surface area (Å²) in [5.74, 6) is -0.0474. The van der Waals surface area contributed by atoms with Crippen molar-refractivity contribution in [3.8, 4) is 0 Å². The molecule has 1 aromatic carbocycles. The van der Waals surface area contributed by atoms with Gasteiger partial charge in [0, 0.05) is 31.2 Å². The Labute approximate surface area is 182 Å². The van der Waals surface area contributed by atoms with Gasteiger partial charge in [0.15, 0.2) is 11.5 Å². The third kappa shape index (κ3) is 5.68. The topological polar surface area (TPSA) is 126 Å². The van der Waals surface area contributed by atoms with E-state index >= 15 is 0 Å². The minimum Gasteiger partial charge on any atom is -0.364 e. The standard InChI is InChI=1S/C22H31N7O2/c1-5-17(30)29-12-6-7-16(13-29)25-21-26-20(18(19(23)31)27-28-21)24-15-10-8-14(9-11-15)22(2,3)4/h8-11,16H,5-7,12-13H2,1-4H3,(H2,23,31)(H2,24,25,26,28)/t16-/m1/s1. The summed E-state index contributed by atoms with van der Waals surface area (Å²) in [4.78, 5) is 30.1. The van der Waals surface area contributed by atoms with Crippen LogP contribution in [-0.4, -0.2) is 51.0 Å². The lowest BCUT2D eigenvalue weighted by molar-refractivity contribution is -0.131. The number of hydrogen-bond donors (Lipinski definition) is 3. The van der Waals surface area contributed by atoms with Gasteiger partial charge in [-0.2, -0.15) is 4.98 Å². The Kier molecular flexibility index (Phi) is 6.72. The van der Waals surface area contributed by atoms with Gasteiger partial charge in [0.25, 0.3) is 5.91 Å². The number of aromatic nitrogens is 3. The summed E-state index contributed by atoms with van der Waals surface area (Å²) in [5, 5.41) is 14.4. The van der Waals surface area contributed by atoms with Crippen LogP contribution in [0, 0.1) is 0 Å². The maximum atomic E-state index is 12.0. The number of primary amides is 1. The average Bonchev–Trinajstić information content (AvgIpc) is 2.73. The Bertz CT molecular complexity index is 938. The first-order chi connectivity index (χ1) is 14.7. The predicted molar refractivity (Wildman–Crippen MR) is 120 cm³/mol. The van der Waals surface area contributed by atoms with Crippen molar-refractivity contribution in [2.24, 2.45) is 5.73 Å². The van der Waals surface area contributed by atoms with Gasteiger partial charge < -0.3 is 21.3 Å². The number of piperidine rings is 1. The lowest BCUT2D eigenvalue weighted by atomic mass is 9.87. The number of nitrogens with zero attached hydrogens (tertiary/aromatic N) is 4. The summed E-state index contributed by atoms with van der Waals surface area (Å²) < 4.78 is 0. The van der Waals surface area contributed by atoms with Crippen molar-refractivity contribution in [2.75, 3.05) is 23.7 Å². The number of carbonyl (C=O) groups excluding carboxylic acids is 2. The molecule has 0 radical (unpaired) electrons. The first-order valence-electron chi connectivity index (χ1n) is 10.6. The molecule has 0 saturated carbocycles. The van der Waals surface area contributed by atoms with Gasteiger partial charge in [-0.15, -0.1) is 10.2 Å². The van der Waals surface area contributed by atoms with E-state index in [0.717, 1.165) is 25.1 Å². The van der Waals surface area contributed by atoms with Crippen LogP contribution in [0.2, 0.25) is 0 Å². The number of hydrogen-bond acceptors (Lipinski definition) is 7. The quantitative estimate of drug-likeness (QED) is 0.649. The molecular formula is C22H31N7O2. The maximum absolute atomic E-state index is 12.0. The normalized spacial score (nSPS) is 16.6. The molecule has 166 valence electrons. The van der Waals surface area contributed by atoms with Crippen molar-refractivity contribution in [2.45, 2.75) is 58.4 Å². The molecule has 1 atom stereocenters. The number of benzene rings is 1. The van der Waals surface area contributed by atoms with Gasteiger partial charge in [-0.3, -0.25) is 9.59 Å². The molecule has 9 nitrogen and oxygen atoms in total. The number of likely N-dealkylation sites (tertiary alicyclic amines) is 1. The maximum Gasteiger partial charge on any atom is 0.273 e. The van der Waals surface area contributed by atoms with Gasteiger partial charge >= 0.3 is 0 Å². The zero-order chi connectivity index (χ0) is 22.6. The Hall–Kier alpha value is -3.23. The first-order valence-corrected chi connectivity index (χ1v) is 10.6. The zero-order valence-corrected chi connectivity index (χ0v) is 18.6. The molecule has 1 saturated heterocycles. The molecule has 2 heterocycles. The number of nitrogens with two attached hydrogens (primary N) is 1. The first kappa shape index (κ1) is 22.5. The number of anilines is 3. The molecule has 0 unspecified atom stereocenters.